The summed E-state index contributed by atoms with van der Waals surface area (Å²) in [6.45, 7) is 1.79. The zero-order valence-electron chi connectivity index (χ0n) is 8.76. The normalized spacial score (nSPS) is 10.6. The Balaban J connectivity index is 2.43. The lowest BCUT2D eigenvalue weighted by Crippen LogP contribution is -2.02. The van der Waals surface area contributed by atoms with Gasteiger partial charge in [0.25, 0.3) is 0 Å². The Morgan fingerprint density at radius 1 is 1.29 bits per heavy atom. The maximum absolute atomic E-state index is 13.7. The molecule has 1 aromatic heterocycles. The molecular weight excluding hydrogens is 371 g/mol. The van der Waals surface area contributed by atoms with Crippen LogP contribution in [0.15, 0.2) is 32.5 Å². The molecule has 2 rings (SSSR count). The van der Waals surface area contributed by atoms with Crippen LogP contribution in [-0.2, 0) is 0 Å². The van der Waals surface area contributed by atoms with E-state index in [4.69, 9.17) is 0 Å². The van der Waals surface area contributed by atoms with Crippen LogP contribution >= 0.6 is 43.2 Å². The molecule has 0 saturated carbocycles. The van der Waals surface area contributed by atoms with Crippen LogP contribution in [0.5, 0.6) is 0 Å². The van der Waals surface area contributed by atoms with E-state index in [-0.39, 0.29) is 11.3 Å². The van der Waals surface area contributed by atoms with E-state index in [2.05, 4.69) is 31.9 Å². The van der Waals surface area contributed by atoms with E-state index >= 15 is 0 Å². The van der Waals surface area contributed by atoms with Crippen LogP contribution in [-0.4, -0.2) is 5.78 Å². The summed E-state index contributed by atoms with van der Waals surface area (Å²) in [5.41, 5.74) is 0.907. The molecule has 1 nitrogen and oxygen atoms in total. The first-order valence-electron chi connectivity index (χ1n) is 4.74. The number of aryl methyl sites for hydroxylation is 1. The lowest BCUT2D eigenvalue weighted by atomic mass is 10.1. The molecule has 0 spiro atoms. The monoisotopic (exact) mass is 376 g/mol. The molecule has 0 saturated heterocycles. The fraction of sp³-hybridized carbons (Fsp3) is 0.0833. The van der Waals surface area contributed by atoms with Crippen LogP contribution < -0.4 is 0 Å². The zero-order valence-corrected chi connectivity index (χ0v) is 12.7. The number of hydrogen-bond acceptors (Lipinski definition) is 2. The summed E-state index contributed by atoms with van der Waals surface area (Å²) in [7, 11) is 0. The maximum Gasteiger partial charge on any atom is 0.205 e. The summed E-state index contributed by atoms with van der Waals surface area (Å²) in [6.07, 6.45) is 0. The molecule has 1 aromatic carbocycles. The summed E-state index contributed by atoms with van der Waals surface area (Å²) in [5, 5.41) is 0. The molecule has 0 amide bonds. The largest absolute Gasteiger partial charge is 0.288 e. The van der Waals surface area contributed by atoms with Crippen LogP contribution in [0.25, 0.3) is 0 Å². The van der Waals surface area contributed by atoms with Gasteiger partial charge in [-0.3, -0.25) is 4.79 Å². The van der Waals surface area contributed by atoms with Gasteiger partial charge in [-0.1, -0.05) is 6.07 Å². The van der Waals surface area contributed by atoms with Crippen LogP contribution in [0.1, 0.15) is 20.8 Å². The fourth-order valence-electron chi connectivity index (χ4n) is 1.40. The molecule has 88 valence electrons. The third-order valence-corrected chi connectivity index (χ3v) is 5.49. The molecule has 0 fully saturated rings. The van der Waals surface area contributed by atoms with Gasteiger partial charge in [-0.2, -0.15) is 0 Å². The van der Waals surface area contributed by atoms with Gasteiger partial charge in [-0.25, -0.2) is 4.39 Å². The summed E-state index contributed by atoms with van der Waals surface area (Å²) in [5.74, 6) is -0.769. The van der Waals surface area contributed by atoms with Gasteiger partial charge in [0.2, 0.25) is 5.78 Å². The van der Waals surface area contributed by atoms with E-state index in [9.17, 15) is 9.18 Å². The molecule has 0 unspecified atom stereocenters. The topological polar surface area (TPSA) is 17.1 Å². The summed E-state index contributed by atoms with van der Waals surface area (Å²) >= 11 is 7.90. The van der Waals surface area contributed by atoms with E-state index in [1.807, 2.05) is 0 Å². The Morgan fingerprint density at radius 2 is 2.00 bits per heavy atom. The van der Waals surface area contributed by atoms with Crippen molar-refractivity contribution in [1.29, 1.82) is 0 Å². The minimum absolute atomic E-state index is 0.108. The Morgan fingerprint density at radius 3 is 2.53 bits per heavy atom. The van der Waals surface area contributed by atoms with Gasteiger partial charge in [-0.15, -0.1) is 11.3 Å². The minimum Gasteiger partial charge on any atom is -0.288 e. The molecule has 2 aromatic rings. The third kappa shape index (κ3) is 2.67. The van der Waals surface area contributed by atoms with Crippen molar-refractivity contribution in [2.75, 3.05) is 0 Å². The van der Waals surface area contributed by atoms with Crippen molar-refractivity contribution in [3.63, 3.8) is 0 Å². The molecule has 0 bridgehead atoms. The summed E-state index contributed by atoms with van der Waals surface area (Å²) in [4.78, 5) is 12.6. The van der Waals surface area contributed by atoms with Crippen molar-refractivity contribution in [2.24, 2.45) is 0 Å². The predicted molar refractivity (Wildman–Crippen MR) is 74.3 cm³/mol. The number of halogens is 3. The highest BCUT2D eigenvalue weighted by atomic mass is 79.9. The molecular formula is C12H7Br2FOS. The predicted octanol–water partition coefficient (Wildman–Crippen LogP) is 4.95. The highest BCUT2D eigenvalue weighted by Crippen LogP contribution is 2.33. The van der Waals surface area contributed by atoms with Crippen molar-refractivity contribution < 1.29 is 9.18 Å². The van der Waals surface area contributed by atoms with E-state index < -0.39 is 5.82 Å². The lowest BCUT2D eigenvalue weighted by molar-refractivity contribution is 0.103. The van der Waals surface area contributed by atoms with Crippen molar-refractivity contribution in [1.82, 2.24) is 0 Å². The Kier molecular flexibility index (Phi) is 3.80. The fourth-order valence-corrected chi connectivity index (χ4v) is 3.39. The van der Waals surface area contributed by atoms with Gasteiger partial charge >= 0.3 is 0 Å². The van der Waals surface area contributed by atoms with E-state index in [0.29, 0.717) is 4.88 Å². The summed E-state index contributed by atoms with van der Waals surface area (Å²) in [6, 6.07) is 6.31. The number of ketones is 1. The first kappa shape index (κ1) is 12.9. The van der Waals surface area contributed by atoms with E-state index in [0.717, 1.165) is 13.8 Å². The zero-order chi connectivity index (χ0) is 12.6. The lowest BCUT2D eigenvalue weighted by Gasteiger charge is -2.01. The molecule has 17 heavy (non-hydrogen) atoms. The number of hydrogen-bond donors (Lipinski definition) is 0. The SMILES string of the molecule is Cc1ccc(C(=O)c2cc(Br)c(Br)s2)c(F)c1. The van der Waals surface area contributed by atoms with Crippen molar-refractivity contribution >= 4 is 49.0 Å². The first-order chi connectivity index (χ1) is 7.99. The van der Waals surface area contributed by atoms with Crippen molar-refractivity contribution in [3.05, 3.63) is 54.3 Å². The van der Waals surface area contributed by atoms with Gasteiger partial charge < -0.3 is 0 Å². The molecule has 1 heterocycles. The maximum atomic E-state index is 13.7. The van der Waals surface area contributed by atoms with Gasteiger partial charge in [0.15, 0.2) is 0 Å². The smallest absolute Gasteiger partial charge is 0.205 e. The molecule has 0 aliphatic carbocycles. The number of rotatable bonds is 2. The molecule has 0 atom stereocenters. The van der Waals surface area contributed by atoms with Crippen LogP contribution in [0.3, 0.4) is 0 Å². The average molecular weight is 378 g/mol. The Labute approximate surface area is 119 Å². The quantitative estimate of drug-likeness (QED) is 0.676. The number of carbonyl (C=O) groups is 1. The highest BCUT2D eigenvalue weighted by molar-refractivity contribution is 9.13. The molecule has 0 aliphatic heterocycles. The standard InChI is InChI=1S/C12H7Br2FOS/c1-6-2-3-7(9(15)4-6)11(16)10-5-8(13)12(14)17-10/h2-5H,1H3. The van der Waals surface area contributed by atoms with Gasteiger partial charge in [0, 0.05) is 4.47 Å². The Bertz CT molecular complexity index is 573. The van der Waals surface area contributed by atoms with Gasteiger partial charge in [-0.05, 0) is 62.5 Å². The van der Waals surface area contributed by atoms with Gasteiger partial charge in [0.1, 0.15) is 5.82 Å². The van der Waals surface area contributed by atoms with E-state index in [1.165, 1.54) is 23.5 Å². The van der Waals surface area contributed by atoms with Crippen molar-refractivity contribution in [2.45, 2.75) is 6.92 Å². The summed E-state index contributed by atoms with van der Waals surface area (Å²) < 4.78 is 15.3. The van der Waals surface area contributed by atoms with Gasteiger partial charge in [0.05, 0.1) is 14.2 Å². The molecule has 0 N–H and O–H groups in total. The highest BCUT2D eigenvalue weighted by Gasteiger charge is 2.17. The van der Waals surface area contributed by atoms with E-state index in [1.54, 1.807) is 19.1 Å². The Hall–Kier alpha value is -0.520. The van der Waals surface area contributed by atoms with Crippen molar-refractivity contribution in [3.8, 4) is 0 Å². The number of benzene rings is 1. The molecule has 5 heteroatoms. The minimum atomic E-state index is -0.476. The number of carbonyl (C=O) groups excluding carboxylic acids is 1. The second-order valence-electron chi connectivity index (χ2n) is 3.54. The first-order valence-corrected chi connectivity index (χ1v) is 7.15. The third-order valence-electron chi connectivity index (χ3n) is 2.24. The molecule has 0 aliphatic rings. The number of thiophene rings is 1. The van der Waals surface area contributed by atoms with Crippen LogP contribution in [0, 0.1) is 12.7 Å². The molecule has 0 radical (unpaired) electrons. The second-order valence-corrected chi connectivity index (χ2v) is 6.77. The van der Waals surface area contributed by atoms with Crippen LogP contribution in [0.4, 0.5) is 4.39 Å². The average Bonchev–Trinajstić information content (AvgIpc) is 2.58. The van der Waals surface area contributed by atoms with Crippen LogP contribution in [0.2, 0.25) is 0 Å². The second kappa shape index (κ2) is 5.00.